The van der Waals surface area contributed by atoms with Crippen LogP contribution in [0.4, 0.5) is 4.39 Å². The van der Waals surface area contributed by atoms with Crippen molar-refractivity contribution in [2.24, 2.45) is 0 Å². The van der Waals surface area contributed by atoms with E-state index in [4.69, 9.17) is 0 Å². The fourth-order valence-electron chi connectivity index (χ4n) is 2.87. The van der Waals surface area contributed by atoms with Crippen molar-refractivity contribution in [3.05, 3.63) is 53.9 Å². The van der Waals surface area contributed by atoms with Crippen molar-refractivity contribution in [1.82, 2.24) is 14.9 Å². The first kappa shape index (κ1) is 12.4. The van der Waals surface area contributed by atoms with Crippen molar-refractivity contribution in [1.29, 1.82) is 0 Å². The lowest BCUT2D eigenvalue weighted by Crippen LogP contribution is -2.32. The van der Waals surface area contributed by atoms with Crippen LogP contribution in [0.1, 0.15) is 30.5 Å². The minimum Gasteiger partial charge on any atom is -0.336 e. The number of aromatic nitrogens is 2. The summed E-state index contributed by atoms with van der Waals surface area (Å²) in [5.74, 6) is -0.133. The van der Waals surface area contributed by atoms with Crippen LogP contribution in [0.2, 0.25) is 0 Å². The van der Waals surface area contributed by atoms with E-state index in [1.165, 1.54) is 5.56 Å². The Kier molecular flexibility index (Phi) is 3.34. The first-order valence-electron chi connectivity index (χ1n) is 6.72. The number of nitrogens with zero attached hydrogens (tertiary/aromatic N) is 2. The summed E-state index contributed by atoms with van der Waals surface area (Å²) in [6.07, 6.45) is 7.60. The average Bonchev–Trinajstić information content (AvgIpc) is 2.99. The molecule has 1 aliphatic rings. The van der Waals surface area contributed by atoms with E-state index in [1.54, 1.807) is 18.3 Å². The molecule has 1 aromatic heterocycles. The third kappa shape index (κ3) is 2.68. The molecule has 0 spiro atoms. The SMILES string of the molecule is CC(Cn1ccnc1)NC1CCc2cc(F)ccc21. The van der Waals surface area contributed by atoms with Crippen LogP contribution in [-0.4, -0.2) is 15.6 Å². The number of aryl methyl sites for hydroxylation is 1. The van der Waals surface area contributed by atoms with Crippen LogP contribution in [0.25, 0.3) is 0 Å². The third-order valence-electron chi connectivity index (χ3n) is 3.71. The summed E-state index contributed by atoms with van der Waals surface area (Å²) < 4.78 is 15.2. The predicted octanol–water partition coefficient (Wildman–Crippen LogP) is 2.69. The van der Waals surface area contributed by atoms with Crippen LogP contribution < -0.4 is 5.32 Å². The molecule has 4 heteroatoms. The molecule has 3 nitrogen and oxygen atoms in total. The summed E-state index contributed by atoms with van der Waals surface area (Å²) in [6.45, 7) is 3.06. The number of rotatable bonds is 4. The van der Waals surface area contributed by atoms with Gasteiger partial charge in [0.2, 0.25) is 0 Å². The highest BCUT2D eigenvalue weighted by Crippen LogP contribution is 2.31. The van der Waals surface area contributed by atoms with Crippen molar-refractivity contribution in [2.75, 3.05) is 0 Å². The lowest BCUT2D eigenvalue weighted by Gasteiger charge is -2.20. The van der Waals surface area contributed by atoms with E-state index < -0.39 is 0 Å². The molecule has 1 aliphatic carbocycles. The maximum absolute atomic E-state index is 13.2. The van der Waals surface area contributed by atoms with E-state index in [0.717, 1.165) is 24.9 Å². The van der Waals surface area contributed by atoms with Gasteiger partial charge in [-0.05, 0) is 43.0 Å². The van der Waals surface area contributed by atoms with E-state index in [9.17, 15) is 4.39 Å². The summed E-state index contributed by atoms with van der Waals surface area (Å²) in [4.78, 5) is 4.05. The second-order valence-corrected chi connectivity index (χ2v) is 5.26. The fourth-order valence-corrected chi connectivity index (χ4v) is 2.87. The molecule has 19 heavy (non-hydrogen) atoms. The quantitative estimate of drug-likeness (QED) is 0.915. The third-order valence-corrected chi connectivity index (χ3v) is 3.71. The molecule has 0 saturated heterocycles. The first-order valence-corrected chi connectivity index (χ1v) is 6.72. The molecule has 1 aromatic carbocycles. The van der Waals surface area contributed by atoms with Gasteiger partial charge in [0.05, 0.1) is 6.33 Å². The molecular formula is C15H18FN3. The summed E-state index contributed by atoms with van der Waals surface area (Å²) >= 11 is 0. The van der Waals surface area contributed by atoms with Crippen molar-refractivity contribution in [3.8, 4) is 0 Å². The Morgan fingerprint density at radius 3 is 3.21 bits per heavy atom. The minimum absolute atomic E-state index is 0.133. The van der Waals surface area contributed by atoms with Crippen molar-refractivity contribution in [3.63, 3.8) is 0 Å². The van der Waals surface area contributed by atoms with Gasteiger partial charge in [-0.25, -0.2) is 9.37 Å². The number of hydrogen-bond donors (Lipinski definition) is 1. The number of hydrogen-bond acceptors (Lipinski definition) is 2. The van der Waals surface area contributed by atoms with Crippen LogP contribution in [0, 0.1) is 5.82 Å². The van der Waals surface area contributed by atoms with E-state index in [2.05, 4.69) is 21.8 Å². The molecule has 0 bridgehead atoms. The van der Waals surface area contributed by atoms with Gasteiger partial charge in [-0.2, -0.15) is 0 Å². The molecule has 100 valence electrons. The number of imidazole rings is 1. The van der Waals surface area contributed by atoms with E-state index in [-0.39, 0.29) is 5.82 Å². The van der Waals surface area contributed by atoms with Gasteiger partial charge < -0.3 is 9.88 Å². The predicted molar refractivity (Wildman–Crippen MR) is 72.3 cm³/mol. The molecule has 1 N–H and O–H groups in total. The van der Waals surface area contributed by atoms with Crippen LogP contribution in [0.15, 0.2) is 36.9 Å². The standard InChI is InChI=1S/C15H18FN3/c1-11(9-19-7-6-17-10-19)18-15-5-2-12-8-13(16)3-4-14(12)15/h3-4,6-8,10-11,15,18H,2,5,9H2,1H3. The molecule has 0 aliphatic heterocycles. The number of nitrogens with one attached hydrogen (secondary N) is 1. The number of fused-ring (bicyclic) bond motifs is 1. The zero-order chi connectivity index (χ0) is 13.2. The van der Waals surface area contributed by atoms with Gasteiger partial charge in [-0.15, -0.1) is 0 Å². The van der Waals surface area contributed by atoms with E-state index in [1.807, 2.05) is 18.6 Å². The summed E-state index contributed by atoms with van der Waals surface area (Å²) in [6, 6.07) is 5.83. The van der Waals surface area contributed by atoms with E-state index in [0.29, 0.717) is 12.1 Å². The Morgan fingerprint density at radius 2 is 2.42 bits per heavy atom. The maximum Gasteiger partial charge on any atom is 0.123 e. The molecule has 3 rings (SSSR count). The zero-order valence-electron chi connectivity index (χ0n) is 11.0. The first-order chi connectivity index (χ1) is 9.22. The van der Waals surface area contributed by atoms with Crippen LogP contribution in [-0.2, 0) is 13.0 Å². The normalized spacial score (nSPS) is 19.4. The molecular weight excluding hydrogens is 241 g/mol. The molecule has 2 unspecified atom stereocenters. The molecule has 1 heterocycles. The highest BCUT2D eigenvalue weighted by molar-refractivity contribution is 5.35. The Labute approximate surface area is 112 Å². The van der Waals surface area contributed by atoms with Crippen molar-refractivity contribution < 1.29 is 4.39 Å². The Balaban J connectivity index is 1.66. The van der Waals surface area contributed by atoms with Gasteiger partial charge >= 0.3 is 0 Å². The number of halogens is 1. The van der Waals surface area contributed by atoms with Gasteiger partial charge in [0.1, 0.15) is 5.82 Å². The Bertz CT molecular complexity index is 551. The van der Waals surface area contributed by atoms with Crippen LogP contribution in [0.3, 0.4) is 0 Å². The lowest BCUT2D eigenvalue weighted by molar-refractivity contribution is 0.412. The smallest absolute Gasteiger partial charge is 0.123 e. The average molecular weight is 259 g/mol. The molecule has 0 saturated carbocycles. The van der Waals surface area contributed by atoms with E-state index >= 15 is 0 Å². The minimum atomic E-state index is -0.133. The fraction of sp³-hybridized carbons (Fsp3) is 0.400. The van der Waals surface area contributed by atoms with Crippen LogP contribution >= 0.6 is 0 Å². The Hall–Kier alpha value is -1.68. The van der Waals surface area contributed by atoms with Gasteiger partial charge in [0.25, 0.3) is 0 Å². The largest absolute Gasteiger partial charge is 0.336 e. The molecule has 2 atom stereocenters. The van der Waals surface area contributed by atoms with Crippen LogP contribution in [0.5, 0.6) is 0 Å². The second-order valence-electron chi connectivity index (χ2n) is 5.26. The Morgan fingerprint density at radius 1 is 1.53 bits per heavy atom. The number of benzene rings is 1. The highest BCUT2D eigenvalue weighted by Gasteiger charge is 2.23. The second kappa shape index (κ2) is 5.13. The summed E-state index contributed by atoms with van der Waals surface area (Å²) in [5, 5.41) is 3.62. The molecule has 0 radical (unpaired) electrons. The van der Waals surface area contributed by atoms with Crippen molar-refractivity contribution in [2.45, 2.75) is 38.4 Å². The highest BCUT2D eigenvalue weighted by atomic mass is 19.1. The van der Waals surface area contributed by atoms with Gasteiger partial charge in [-0.1, -0.05) is 6.07 Å². The maximum atomic E-state index is 13.2. The van der Waals surface area contributed by atoms with Crippen molar-refractivity contribution >= 4 is 0 Å². The summed E-state index contributed by atoms with van der Waals surface area (Å²) in [5.41, 5.74) is 2.39. The zero-order valence-corrected chi connectivity index (χ0v) is 11.0. The lowest BCUT2D eigenvalue weighted by atomic mass is 10.1. The summed E-state index contributed by atoms with van der Waals surface area (Å²) in [7, 11) is 0. The monoisotopic (exact) mass is 259 g/mol. The van der Waals surface area contributed by atoms with Gasteiger partial charge in [-0.3, -0.25) is 0 Å². The van der Waals surface area contributed by atoms with Gasteiger partial charge in [0.15, 0.2) is 0 Å². The molecule has 0 fully saturated rings. The molecule has 2 aromatic rings. The molecule has 0 amide bonds. The topological polar surface area (TPSA) is 29.9 Å². The van der Waals surface area contributed by atoms with Gasteiger partial charge in [0, 0.05) is 31.0 Å².